The second-order valence-corrected chi connectivity index (χ2v) is 5.75. The standard InChI is InChI=1S/C16H17N3S/c1-2-13-8-9-15(20-13)14-10-18-16(19-14)11-17-12-6-4-3-5-7-12/h3-10,17H,2,11H2,1H3,(H,18,19). The third-order valence-electron chi connectivity index (χ3n) is 3.14. The molecule has 102 valence electrons. The highest BCUT2D eigenvalue weighted by Gasteiger charge is 2.06. The van der Waals surface area contributed by atoms with Gasteiger partial charge >= 0.3 is 0 Å². The lowest BCUT2D eigenvalue weighted by Crippen LogP contribution is -2.00. The number of aromatic nitrogens is 2. The number of imidazole rings is 1. The number of rotatable bonds is 5. The van der Waals surface area contributed by atoms with Gasteiger partial charge < -0.3 is 10.3 Å². The van der Waals surface area contributed by atoms with Crippen molar-refractivity contribution in [1.29, 1.82) is 0 Å². The number of thiophene rings is 1. The van der Waals surface area contributed by atoms with Gasteiger partial charge in [0.15, 0.2) is 0 Å². The van der Waals surface area contributed by atoms with Gasteiger partial charge in [0.05, 0.1) is 23.3 Å². The Labute approximate surface area is 122 Å². The maximum Gasteiger partial charge on any atom is 0.125 e. The van der Waals surface area contributed by atoms with Crippen molar-refractivity contribution in [3.63, 3.8) is 0 Å². The molecule has 2 aromatic heterocycles. The number of H-pyrrole nitrogens is 1. The van der Waals surface area contributed by atoms with Crippen LogP contribution in [0.1, 0.15) is 17.6 Å². The molecule has 0 aliphatic rings. The number of para-hydroxylation sites is 1. The zero-order valence-electron chi connectivity index (χ0n) is 11.4. The zero-order chi connectivity index (χ0) is 13.8. The highest BCUT2D eigenvalue weighted by molar-refractivity contribution is 7.15. The van der Waals surface area contributed by atoms with E-state index in [9.17, 15) is 0 Å². The van der Waals surface area contributed by atoms with Gasteiger partial charge in [-0.05, 0) is 30.7 Å². The van der Waals surface area contributed by atoms with E-state index in [4.69, 9.17) is 0 Å². The van der Waals surface area contributed by atoms with E-state index in [-0.39, 0.29) is 0 Å². The van der Waals surface area contributed by atoms with Crippen molar-refractivity contribution < 1.29 is 0 Å². The number of nitrogens with zero attached hydrogens (tertiary/aromatic N) is 1. The van der Waals surface area contributed by atoms with Crippen LogP contribution in [-0.2, 0) is 13.0 Å². The van der Waals surface area contributed by atoms with Gasteiger partial charge in [0.2, 0.25) is 0 Å². The third kappa shape index (κ3) is 2.91. The fourth-order valence-electron chi connectivity index (χ4n) is 2.03. The second-order valence-electron chi connectivity index (χ2n) is 4.58. The number of anilines is 1. The Hall–Kier alpha value is -2.07. The maximum atomic E-state index is 4.43. The first-order valence-electron chi connectivity index (χ1n) is 6.77. The normalized spacial score (nSPS) is 10.7. The van der Waals surface area contributed by atoms with Crippen LogP contribution in [0.25, 0.3) is 10.6 Å². The summed E-state index contributed by atoms with van der Waals surface area (Å²) in [6, 6.07) is 14.5. The van der Waals surface area contributed by atoms with Crippen molar-refractivity contribution in [3.05, 3.63) is 59.4 Å². The van der Waals surface area contributed by atoms with E-state index < -0.39 is 0 Å². The second kappa shape index (κ2) is 5.92. The quantitative estimate of drug-likeness (QED) is 0.732. The van der Waals surface area contributed by atoms with Crippen molar-refractivity contribution in [2.75, 3.05) is 5.32 Å². The van der Waals surface area contributed by atoms with Crippen LogP contribution in [0.3, 0.4) is 0 Å². The highest BCUT2D eigenvalue weighted by Crippen LogP contribution is 2.27. The van der Waals surface area contributed by atoms with Crippen LogP contribution in [0.2, 0.25) is 0 Å². The minimum absolute atomic E-state index is 0.704. The lowest BCUT2D eigenvalue weighted by molar-refractivity contribution is 1.00. The van der Waals surface area contributed by atoms with E-state index in [1.807, 2.05) is 35.7 Å². The highest BCUT2D eigenvalue weighted by atomic mass is 32.1. The van der Waals surface area contributed by atoms with Crippen LogP contribution >= 0.6 is 11.3 Å². The number of hydrogen-bond donors (Lipinski definition) is 2. The van der Waals surface area contributed by atoms with Gasteiger partial charge in [0, 0.05) is 10.6 Å². The summed E-state index contributed by atoms with van der Waals surface area (Å²) in [4.78, 5) is 10.5. The number of hydrogen-bond acceptors (Lipinski definition) is 3. The average molecular weight is 283 g/mol. The van der Waals surface area contributed by atoms with E-state index in [0.29, 0.717) is 6.54 Å². The van der Waals surface area contributed by atoms with Crippen molar-refractivity contribution in [2.24, 2.45) is 0 Å². The average Bonchev–Trinajstić information content (AvgIpc) is 3.15. The van der Waals surface area contributed by atoms with Crippen LogP contribution in [0.15, 0.2) is 48.7 Å². The molecule has 0 fully saturated rings. The van der Waals surface area contributed by atoms with Crippen LogP contribution in [0, 0.1) is 0 Å². The van der Waals surface area contributed by atoms with Crippen molar-refractivity contribution in [1.82, 2.24) is 9.97 Å². The Morgan fingerprint density at radius 1 is 1.15 bits per heavy atom. The van der Waals surface area contributed by atoms with Crippen LogP contribution in [-0.4, -0.2) is 9.97 Å². The van der Waals surface area contributed by atoms with Gasteiger partial charge in [0.1, 0.15) is 5.82 Å². The Balaban J connectivity index is 1.67. The molecule has 0 saturated heterocycles. The lowest BCUT2D eigenvalue weighted by Gasteiger charge is -2.03. The predicted molar refractivity (Wildman–Crippen MR) is 85.0 cm³/mol. The molecule has 0 aliphatic heterocycles. The first-order chi connectivity index (χ1) is 9.85. The largest absolute Gasteiger partial charge is 0.378 e. The zero-order valence-corrected chi connectivity index (χ0v) is 12.2. The monoisotopic (exact) mass is 283 g/mol. The van der Waals surface area contributed by atoms with Crippen molar-refractivity contribution in [2.45, 2.75) is 19.9 Å². The molecule has 0 saturated carbocycles. The summed E-state index contributed by atoms with van der Waals surface area (Å²) in [7, 11) is 0. The smallest absolute Gasteiger partial charge is 0.125 e. The molecular weight excluding hydrogens is 266 g/mol. The molecule has 0 bridgehead atoms. The van der Waals surface area contributed by atoms with Crippen LogP contribution < -0.4 is 5.32 Å². The summed E-state index contributed by atoms with van der Waals surface area (Å²) in [6.07, 6.45) is 2.99. The maximum absolute atomic E-state index is 4.43. The Morgan fingerprint density at radius 2 is 2.00 bits per heavy atom. The summed E-state index contributed by atoms with van der Waals surface area (Å²) in [6.45, 7) is 2.88. The molecule has 0 radical (unpaired) electrons. The molecular formula is C16H17N3S. The minimum Gasteiger partial charge on any atom is -0.378 e. The third-order valence-corrected chi connectivity index (χ3v) is 4.40. The van der Waals surface area contributed by atoms with Gasteiger partial charge in [0.25, 0.3) is 0 Å². The molecule has 1 aromatic carbocycles. The summed E-state index contributed by atoms with van der Waals surface area (Å²) in [5.41, 5.74) is 2.20. The molecule has 20 heavy (non-hydrogen) atoms. The molecule has 2 N–H and O–H groups in total. The number of aromatic amines is 1. The van der Waals surface area contributed by atoms with Crippen LogP contribution in [0.4, 0.5) is 5.69 Å². The molecule has 4 heteroatoms. The molecule has 0 amide bonds. The Morgan fingerprint density at radius 3 is 2.75 bits per heavy atom. The SMILES string of the molecule is CCc1ccc(-c2cnc(CNc3ccccc3)[nH]2)s1. The van der Waals surface area contributed by atoms with E-state index >= 15 is 0 Å². The van der Waals surface area contributed by atoms with E-state index in [2.05, 4.69) is 46.5 Å². The molecule has 0 unspecified atom stereocenters. The molecule has 3 rings (SSSR count). The van der Waals surface area contributed by atoms with Gasteiger partial charge in [-0.2, -0.15) is 0 Å². The number of nitrogens with one attached hydrogen (secondary N) is 2. The lowest BCUT2D eigenvalue weighted by atomic mass is 10.3. The van der Waals surface area contributed by atoms with Gasteiger partial charge in [-0.15, -0.1) is 11.3 Å². The van der Waals surface area contributed by atoms with E-state index in [0.717, 1.165) is 23.6 Å². The number of aryl methyl sites for hydroxylation is 1. The summed E-state index contributed by atoms with van der Waals surface area (Å²) in [5.74, 6) is 0.954. The van der Waals surface area contributed by atoms with E-state index in [1.165, 1.54) is 9.75 Å². The fourth-order valence-corrected chi connectivity index (χ4v) is 2.94. The topological polar surface area (TPSA) is 40.7 Å². The van der Waals surface area contributed by atoms with Crippen molar-refractivity contribution >= 4 is 17.0 Å². The van der Waals surface area contributed by atoms with Gasteiger partial charge in [-0.25, -0.2) is 4.98 Å². The molecule has 0 spiro atoms. The first kappa shape index (κ1) is 12.9. The predicted octanol–water partition coefficient (Wildman–Crippen LogP) is 4.31. The van der Waals surface area contributed by atoms with Crippen LogP contribution in [0.5, 0.6) is 0 Å². The molecule has 0 aliphatic carbocycles. The summed E-state index contributed by atoms with van der Waals surface area (Å²) >= 11 is 1.82. The van der Waals surface area contributed by atoms with Gasteiger partial charge in [-0.1, -0.05) is 25.1 Å². The number of benzene rings is 1. The molecule has 0 atom stereocenters. The van der Waals surface area contributed by atoms with Gasteiger partial charge in [-0.3, -0.25) is 0 Å². The fraction of sp³-hybridized carbons (Fsp3) is 0.188. The van der Waals surface area contributed by atoms with E-state index in [1.54, 1.807) is 0 Å². The molecule has 3 aromatic rings. The Kier molecular flexibility index (Phi) is 3.83. The molecule has 2 heterocycles. The first-order valence-corrected chi connectivity index (χ1v) is 7.58. The summed E-state index contributed by atoms with van der Waals surface area (Å²) < 4.78 is 0. The van der Waals surface area contributed by atoms with Crippen molar-refractivity contribution in [3.8, 4) is 10.6 Å². The minimum atomic E-state index is 0.704. The Bertz CT molecular complexity index is 670. The summed E-state index contributed by atoms with van der Waals surface area (Å²) in [5, 5.41) is 3.35. The molecule has 3 nitrogen and oxygen atoms in total.